The third-order valence-electron chi connectivity index (χ3n) is 5.54. The number of carbonyl (C=O) groups excluding carboxylic acids is 1. The minimum atomic E-state index is -0.859. The first-order chi connectivity index (χ1) is 13.5. The monoisotopic (exact) mass is 377 g/mol. The molecule has 1 amide bonds. The SMILES string of the molecule is CC1=NN(c2ccc(C(=O)N3CC(C(=O)O)C(c4ccccc4)C3)cc2)CC1. The van der Waals surface area contributed by atoms with Crippen LogP contribution in [0.15, 0.2) is 59.7 Å². The zero-order chi connectivity index (χ0) is 19.7. The molecule has 0 aliphatic carbocycles. The Bertz CT molecular complexity index is 908. The van der Waals surface area contributed by atoms with E-state index in [9.17, 15) is 14.7 Å². The molecule has 6 nitrogen and oxygen atoms in total. The molecule has 1 saturated heterocycles. The average Bonchev–Trinajstić information content (AvgIpc) is 3.35. The molecule has 28 heavy (non-hydrogen) atoms. The van der Waals surface area contributed by atoms with Gasteiger partial charge in [-0.25, -0.2) is 0 Å². The zero-order valence-corrected chi connectivity index (χ0v) is 15.8. The highest BCUT2D eigenvalue weighted by Crippen LogP contribution is 2.34. The molecule has 2 atom stereocenters. The van der Waals surface area contributed by atoms with E-state index in [4.69, 9.17) is 0 Å². The van der Waals surface area contributed by atoms with Crippen LogP contribution in [0.2, 0.25) is 0 Å². The molecule has 2 aromatic carbocycles. The highest BCUT2D eigenvalue weighted by atomic mass is 16.4. The van der Waals surface area contributed by atoms with Crippen molar-refractivity contribution in [1.82, 2.24) is 4.90 Å². The number of carboxylic acid groups (broad SMARTS) is 1. The second kappa shape index (κ2) is 7.46. The van der Waals surface area contributed by atoms with Crippen LogP contribution in [-0.2, 0) is 4.79 Å². The molecular weight excluding hydrogens is 354 g/mol. The lowest BCUT2D eigenvalue weighted by molar-refractivity contribution is -0.141. The van der Waals surface area contributed by atoms with Crippen LogP contribution in [-0.4, -0.2) is 47.2 Å². The molecule has 0 spiro atoms. The van der Waals surface area contributed by atoms with Gasteiger partial charge in [-0.05, 0) is 36.8 Å². The summed E-state index contributed by atoms with van der Waals surface area (Å²) in [5.74, 6) is -1.77. The Morgan fingerprint density at radius 3 is 2.36 bits per heavy atom. The second-order valence-electron chi connectivity index (χ2n) is 7.43. The Morgan fingerprint density at radius 1 is 1.04 bits per heavy atom. The number of nitrogens with zero attached hydrogens (tertiary/aromatic N) is 3. The Morgan fingerprint density at radius 2 is 1.75 bits per heavy atom. The lowest BCUT2D eigenvalue weighted by Crippen LogP contribution is -2.29. The van der Waals surface area contributed by atoms with Crippen LogP contribution in [0.5, 0.6) is 0 Å². The van der Waals surface area contributed by atoms with E-state index < -0.39 is 11.9 Å². The van der Waals surface area contributed by atoms with Crippen LogP contribution >= 0.6 is 0 Å². The number of carboxylic acids is 1. The van der Waals surface area contributed by atoms with E-state index in [1.54, 1.807) is 17.0 Å². The molecule has 2 aliphatic heterocycles. The van der Waals surface area contributed by atoms with E-state index in [2.05, 4.69) is 5.10 Å². The summed E-state index contributed by atoms with van der Waals surface area (Å²) in [6, 6.07) is 17.0. The number of amides is 1. The van der Waals surface area contributed by atoms with Crippen molar-refractivity contribution < 1.29 is 14.7 Å². The third-order valence-corrected chi connectivity index (χ3v) is 5.54. The summed E-state index contributed by atoms with van der Waals surface area (Å²) in [6.07, 6.45) is 0.950. The maximum Gasteiger partial charge on any atom is 0.308 e. The van der Waals surface area contributed by atoms with Gasteiger partial charge >= 0.3 is 5.97 Å². The summed E-state index contributed by atoms with van der Waals surface area (Å²) in [6.45, 7) is 3.50. The summed E-state index contributed by atoms with van der Waals surface area (Å²) in [4.78, 5) is 26.4. The fourth-order valence-corrected chi connectivity index (χ4v) is 3.98. The summed E-state index contributed by atoms with van der Waals surface area (Å²) in [7, 11) is 0. The number of aliphatic carboxylic acids is 1. The molecular formula is C22H23N3O3. The van der Waals surface area contributed by atoms with Gasteiger partial charge in [0.05, 0.1) is 11.6 Å². The van der Waals surface area contributed by atoms with E-state index in [0.29, 0.717) is 12.1 Å². The molecule has 1 fully saturated rings. The molecule has 2 heterocycles. The second-order valence-corrected chi connectivity index (χ2v) is 7.43. The molecule has 144 valence electrons. The molecule has 0 saturated carbocycles. The fraction of sp³-hybridized carbons (Fsp3) is 0.318. The minimum Gasteiger partial charge on any atom is -0.481 e. The maximum atomic E-state index is 13.0. The van der Waals surface area contributed by atoms with Crippen LogP contribution < -0.4 is 5.01 Å². The average molecular weight is 377 g/mol. The molecule has 2 unspecified atom stereocenters. The number of anilines is 1. The summed E-state index contributed by atoms with van der Waals surface area (Å²) >= 11 is 0. The van der Waals surface area contributed by atoms with Gasteiger partial charge in [-0.3, -0.25) is 14.6 Å². The Kier molecular flexibility index (Phi) is 4.86. The minimum absolute atomic E-state index is 0.127. The maximum absolute atomic E-state index is 13.0. The molecule has 0 bridgehead atoms. The number of carbonyl (C=O) groups is 2. The zero-order valence-electron chi connectivity index (χ0n) is 15.8. The van der Waals surface area contributed by atoms with Crippen molar-refractivity contribution in [3.63, 3.8) is 0 Å². The largest absolute Gasteiger partial charge is 0.481 e. The molecule has 0 aromatic heterocycles. The predicted octanol–water partition coefficient (Wildman–Crippen LogP) is 3.21. The number of benzene rings is 2. The van der Waals surface area contributed by atoms with Crippen LogP contribution in [0.3, 0.4) is 0 Å². The van der Waals surface area contributed by atoms with Crippen molar-refractivity contribution in [1.29, 1.82) is 0 Å². The van der Waals surface area contributed by atoms with Gasteiger partial charge in [0.25, 0.3) is 5.91 Å². The van der Waals surface area contributed by atoms with Crippen LogP contribution in [0, 0.1) is 5.92 Å². The summed E-state index contributed by atoms with van der Waals surface area (Å²) in [5, 5.41) is 16.0. The number of rotatable bonds is 4. The van der Waals surface area contributed by atoms with Crippen molar-refractivity contribution in [3.05, 3.63) is 65.7 Å². The van der Waals surface area contributed by atoms with E-state index in [-0.39, 0.29) is 18.4 Å². The van der Waals surface area contributed by atoms with E-state index in [0.717, 1.165) is 29.9 Å². The van der Waals surface area contributed by atoms with E-state index in [1.807, 2.05) is 54.4 Å². The number of likely N-dealkylation sites (tertiary alicyclic amines) is 1. The molecule has 2 aliphatic rings. The fourth-order valence-electron chi connectivity index (χ4n) is 3.98. The first-order valence-electron chi connectivity index (χ1n) is 9.51. The molecule has 4 rings (SSSR count). The highest BCUT2D eigenvalue weighted by Gasteiger charge is 2.40. The van der Waals surface area contributed by atoms with E-state index in [1.165, 1.54) is 0 Å². The van der Waals surface area contributed by atoms with Crippen LogP contribution in [0.4, 0.5) is 5.69 Å². The van der Waals surface area contributed by atoms with Crippen molar-refractivity contribution in [2.24, 2.45) is 11.0 Å². The first-order valence-corrected chi connectivity index (χ1v) is 9.51. The number of hydrogen-bond acceptors (Lipinski definition) is 4. The molecule has 6 heteroatoms. The molecule has 2 aromatic rings. The topological polar surface area (TPSA) is 73.2 Å². The lowest BCUT2D eigenvalue weighted by atomic mass is 9.89. The van der Waals surface area contributed by atoms with Gasteiger partial charge in [-0.1, -0.05) is 30.3 Å². The highest BCUT2D eigenvalue weighted by molar-refractivity contribution is 5.95. The number of hydrogen-bond donors (Lipinski definition) is 1. The quantitative estimate of drug-likeness (QED) is 0.888. The normalized spacial score (nSPS) is 21.7. The summed E-state index contributed by atoms with van der Waals surface area (Å²) in [5.41, 5.74) is 3.59. The van der Waals surface area contributed by atoms with Crippen molar-refractivity contribution in [2.45, 2.75) is 19.3 Å². The Labute approximate surface area is 164 Å². The van der Waals surface area contributed by atoms with Crippen molar-refractivity contribution in [2.75, 3.05) is 24.6 Å². The smallest absolute Gasteiger partial charge is 0.308 e. The molecule has 0 radical (unpaired) electrons. The summed E-state index contributed by atoms with van der Waals surface area (Å²) < 4.78 is 0. The van der Waals surface area contributed by atoms with Gasteiger partial charge in [0.1, 0.15) is 0 Å². The van der Waals surface area contributed by atoms with Gasteiger partial charge in [0.2, 0.25) is 0 Å². The Balaban J connectivity index is 1.51. The van der Waals surface area contributed by atoms with Gasteiger partial charge in [0.15, 0.2) is 0 Å². The molecule has 1 N–H and O–H groups in total. The van der Waals surface area contributed by atoms with Gasteiger partial charge < -0.3 is 10.0 Å². The van der Waals surface area contributed by atoms with Crippen molar-refractivity contribution >= 4 is 23.3 Å². The predicted molar refractivity (Wildman–Crippen MR) is 108 cm³/mol. The standard InChI is InChI=1S/C22H23N3O3/c1-15-11-12-25(23-15)18-9-7-17(8-10-18)21(26)24-13-19(20(14-24)22(27)28)16-5-3-2-4-6-16/h2-10,19-20H,11-14H2,1H3,(H,27,28). The third kappa shape index (κ3) is 3.50. The van der Waals surface area contributed by atoms with Crippen LogP contribution in [0.1, 0.15) is 35.2 Å². The lowest BCUT2D eigenvalue weighted by Gasteiger charge is -2.18. The Hall–Kier alpha value is -3.15. The van der Waals surface area contributed by atoms with E-state index >= 15 is 0 Å². The number of hydrazone groups is 1. The first kappa shape index (κ1) is 18.2. The van der Waals surface area contributed by atoms with Gasteiger partial charge in [0, 0.05) is 43.2 Å². The van der Waals surface area contributed by atoms with Crippen molar-refractivity contribution in [3.8, 4) is 0 Å². The van der Waals surface area contributed by atoms with Gasteiger partial charge in [-0.15, -0.1) is 0 Å². The van der Waals surface area contributed by atoms with Gasteiger partial charge in [-0.2, -0.15) is 5.10 Å². The van der Waals surface area contributed by atoms with Crippen LogP contribution in [0.25, 0.3) is 0 Å².